The average Bonchev–Trinajstić information content (AvgIpc) is 3.21. The number of aromatic hydroxyl groups is 1. The molecule has 3 rings (SSSR count). The number of amides is 1. The van der Waals surface area contributed by atoms with Crippen molar-refractivity contribution in [1.29, 1.82) is 0 Å². The molecule has 0 aliphatic heterocycles. The van der Waals surface area contributed by atoms with Crippen LogP contribution in [0.2, 0.25) is 10.0 Å². The summed E-state index contributed by atoms with van der Waals surface area (Å²) in [6, 6.07) is 11.0. The van der Waals surface area contributed by atoms with Crippen LogP contribution in [-0.4, -0.2) is 11.0 Å². The summed E-state index contributed by atoms with van der Waals surface area (Å²) in [6.45, 7) is 15.7. The van der Waals surface area contributed by atoms with E-state index in [9.17, 15) is 9.90 Å². The Hall–Kier alpha value is -2.43. The second kappa shape index (κ2) is 9.67. The van der Waals surface area contributed by atoms with Crippen LogP contribution in [0.15, 0.2) is 40.8 Å². The first-order valence-corrected chi connectivity index (χ1v) is 12.2. The number of carbonyl (C=O) groups excluding carboxylic acids is 1. The fourth-order valence-electron chi connectivity index (χ4n) is 3.93. The highest BCUT2D eigenvalue weighted by Gasteiger charge is 2.28. The molecule has 0 unspecified atom stereocenters. The standard InChI is InChI=1S/C28H33Cl2NO3/c1-8-28(6,7)21-13-17(16(2)11-20(21)27(3,4)5)12-19-9-10-24(34-19)26(33)31-18-14-22(29)25(32)23(30)15-18/h9-11,13-15,32H,8,12H2,1-7H3,(H,31,33). The fraction of sp³-hybridized carbons (Fsp3) is 0.393. The van der Waals surface area contributed by atoms with Crippen molar-refractivity contribution in [2.75, 3.05) is 5.32 Å². The number of phenolic OH excluding ortho intramolecular Hbond substituents is 1. The Bertz CT molecular complexity index is 1200. The van der Waals surface area contributed by atoms with Gasteiger partial charge in [0.2, 0.25) is 0 Å². The average molecular weight is 502 g/mol. The summed E-state index contributed by atoms with van der Waals surface area (Å²) in [7, 11) is 0. The number of halogens is 2. The molecule has 2 N–H and O–H groups in total. The molecule has 6 heteroatoms. The first kappa shape index (κ1) is 26.2. The highest BCUT2D eigenvalue weighted by atomic mass is 35.5. The summed E-state index contributed by atoms with van der Waals surface area (Å²) in [4.78, 5) is 12.7. The monoisotopic (exact) mass is 501 g/mol. The molecule has 0 radical (unpaired) electrons. The Kier molecular flexibility index (Phi) is 7.45. The van der Waals surface area contributed by atoms with Crippen LogP contribution in [0, 0.1) is 6.92 Å². The summed E-state index contributed by atoms with van der Waals surface area (Å²) in [5, 5.41) is 12.5. The summed E-state index contributed by atoms with van der Waals surface area (Å²) >= 11 is 11.9. The molecular weight excluding hydrogens is 469 g/mol. The number of hydrogen-bond acceptors (Lipinski definition) is 3. The van der Waals surface area contributed by atoms with Gasteiger partial charge in [-0.05, 0) is 70.7 Å². The van der Waals surface area contributed by atoms with E-state index in [1.54, 1.807) is 6.07 Å². The molecule has 0 saturated heterocycles. The topological polar surface area (TPSA) is 62.5 Å². The molecule has 0 atom stereocenters. The molecule has 0 fully saturated rings. The molecule has 0 bridgehead atoms. The lowest BCUT2D eigenvalue weighted by molar-refractivity contribution is 0.0995. The number of rotatable bonds is 6. The van der Waals surface area contributed by atoms with Gasteiger partial charge in [0.15, 0.2) is 11.5 Å². The van der Waals surface area contributed by atoms with Crippen LogP contribution in [0.4, 0.5) is 5.69 Å². The molecule has 1 heterocycles. The zero-order valence-electron chi connectivity index (χ0n) is 20.9. The Labute approximate surface area is 212 Å². The molecule has 2 aromatic carbocycles. The van der Waals surface area contributed by atoms with E-state index in [0.29, 0.717) is 17.9 Å². The Balaban J connectivity index is 1.87. The van der Waals surface area contributed by atoms with Crippen molar-refractivity contribution in [2.45, 2.75) is 72.1 Å². The number of nitrogens with one attached hydrogen (secondary N) is 1. The lowest BCUT2D eigenvalue weighted by atomic mass is 9.71. The van der Waals surface area contributed by atoms with Gasteiger partial charge < -0.3 is 14.8 Å². The predicted octanol–water partition coefficient (Wildman–Crippen LogP) is 8.43. The molecule has 4 nitrogen and oxygen atoms in total. The number of aryl methyl sites for hydroxylation is 1. The van der Waals surface area contributed by atoms with E-state index in [4.69, 9.17) is 27.6 Å². The van der Waals surface area contributed by atoms with Crippen molar-refractivity contribution < 1.29 is 14.3 Å². The van der Waals surface area contributed by atoms with Crippen LogP contribution in [0.25, 0.3) is 0 Å². The van der Waals surface area contributed by atoms with Crippen LogP contribution in [0.3, 0.4) is 0 Å². The van der Waals surface area contributed by atoms with Gasteiger partial charge in [-0.15, -0.1) is 0 Å². The Morgan fingerprint density at radius 3 is 2.18 bits per heavy atom. The van der Waals surface area contributed by atoms with Crippen LogP contribution in [0.5, 0.6) is 5.75 Å². The molecule has 0 aliphatic rings. The number of hydrogen-bond donors (Lipinski definition) is 2. The van der Waals surface area contributed by atoms with Gasteiger partial charge in [0.05, 0.1) is 10.0 Å². The quantitative estimate of drug-likeness (QED) is 0.333. The lowest BCUT2D eigenvalue weighted by Crippen LogP contribution is -2.24. The van der Waals surface area contributed by atoms with Gasteiger partial charge in [-0.3, -0.25) is 4.79 Å². The van der Waals surface area contributed by atoms with Crippen molar-refractivity contribution in [2.24, 2.45) is 0 Å². The Morgan fingerprint density at radius 1 is 1.00 bits per heavy atom. The van der Waals surface area contributed by atoms with Crippen LogP contribution in [-0.2, 0) is 17.3 Å². The van der Waals surface area contributed by atoms with E-state index in [1.165, 1.54) is 34.4 Å². The third kappa shape index (κ3) is 5.61. The molecule has 0 saturated carbocycles. The van der Waals surface area contributed by atoms with Crippen molar-refractivity contribution in [3.8, 4) is 5.75 Å². The highest BCUT2D eigenvalue weighted by Crippen LogP contribution is 2.38. The van der Waals surface area contributed by atoms with Gasteiger partial charge in [0, 0.05) is 12.1 Å². The smallest absolute Gasteiger partial charge is 0.291 e. The van der Waals surface area contributed by atoms with Gasteiger partial charge in [0.1, 0.15) is 5.76 Å². The fourth-order valence-corrected chi connectivity index (χ4v) is 4.41. The third-order valence-corrected chi connectivity index (χ3v) is 7.00. The van der Waals surface area contributed by atoms with Crippen LogP contribution >= 0.6 is 23.2 Å². The second-order valence-electron chi connectivity index (χ2n) is 10.5. The van der Waals surface area contributed by atoms with E-state index < -0.39 is 5.91 Å². The van der Waals surface area contributed by atoms with E-state index in [0.717, 1.165) is 6.42 Å². The lowest BCUT2D eigenvalue weighted by Gasteiger charge is -2.33. The third-order valence-electron chi connectivity index (χ3n) is 6.42. The normalized spacial score (nSPS) is 12.1. The Morgan fingerprint density at radius 2 is 1.62 bits per heavy atom. The molecule has 1 amide bonds. The van der Waals surface area contributed by atoms with Gasteiger partial charge in [-0.25, -0.2) is 0 Å². The van der Waals surface area contributed by atoms with Gasteiger partial charge in [-0.1, -0.05) is 76.9 Å². The zero-order chi connectivity index (χ0) is 25.4. The molecule has 1 aromatic heterocycles. The van der Waals surface area contributed by atoms with E-state index in [2.05, 4.69) is 65.9 Å². The van der Waals surface area contributed by atoms with E-state index in [1.807, 2.05) is 6.07 Å². The minimum atomic E-state index is -0.420. The van der Waals surface area contributed by atoms with Gasteiger partial charge >= 0.3 is 0 Å². The number of carbonyl (C=O) groups is 1. The zero-order valence-corrected chi connectivity index (χ0v) is 22.4. The summed E-state index contributed by atoms with van der Waals surface area (Å²) in [5.74, 6) is 0.254. The number of anilines is 1. The number of phenols is 1. The van der Waals surface area contributed by atoms with E-state index >= 15 is 0 Å². The molecule has 3 aromatic rings. The van der Waals surface area contributed by atoms with Crippen LogP contribution in [0.1, 0.15) is 86.5 Å². The maximum absolute atomic E-state index is 12.7. The van der Waals surface area contributed by atoms with E-state index in [-0.39, 0.29) is 32.4 Å². The van der Waals surface area contributed by atoms with Crippen molar-refractivity contribution in [3.63, 3.8) is 0 Å². The minimum Gasteiger partial charge on any atom is -0.505 e. The SMILES string of the molecule is CCC(C)(C)c1cc(Cc2ccc(C(=O)Nc3cc(Cl)c(O)c(Cl)c3)o2)c(C)cc1C(C)(C)C. The van der Waals surface area contributed by atoms with Crippen molar-refractivity contribution >= 4 is 34.8 Å². The van der Waals surface area contributed by atoms with Gasteiger partial charge in [-0.2, -0.15) is 0 Å². The first-order valence-electron chi connectivity index (χ1n) is 11.5. The number of benzene rings is 2. The largest absolute Gasteiger partial charge is 0.505 e. The molecule has 0 aliphatic carbocycles. The molecule has 0 spiro atoms. The maximum atomic E-state index is 12.7. The van der Waals surface area contributed by atoms with Crippen LogP contribution < -0.4 is 5.32 Å². The second-order valence-corrected chi connectivity index (χ2v) is 11.3. The molecular formula is C28H33Cl2NO3. The number of furan rings is 1. The predicted molar refractivity (Wildman–Crippen MR) is 141 cm³/mol. The first-order chi connectivity index (χ1) is 15.7. The summed E-state index contributed by atoms with van der Waals surface area (Å²) in [5.41, 5.74) is 5.57. The highest BCUT2D eigenvalue weighted by molar-refractivity contribution is 6.37. The maximum Gasteiger partial charge on any atom is 0.291 e. The summed E-state index contributed by atoms with van der Waals surface area (Å²) in [6.07, 6.45) is 1.63. The molecule has 182 valence electrons. The molecule has 34 heavy (non-hydrogen) atoms. The van der Waals surface area contributed by atoms with Crippen molar-refractivity contribution in [3.05, 3.63) is 80.2 Å². The van der Waals surface area contributed by atoms with Gasteiger partial charge in [0.25, 0.3) is 5.91 Å². The summed E-state index contributed by atoms with van der Waals surface area (Å²) < 4.78 is 5.88. The van der Waals surface area contributed by atoms with Crippen molar-refractivity contribution in [1.82, 2.24) is 0 Å². The minimum absolute atomic E-state index is 0.0427.